The maximum atomic E-state index is 12.3. The lowest BCUT2D eigenvalue weighted by atomic mass is 10.2. The molecule has 0 fully saturated rings. The zero-order valence-corrected chi connectivity index (χ0v) is 16.8. The Bertz CT molecular complexity index is 1130. The van der Waals surface area contributed by atoms with E-state index in [2.05, 4.69) is 4.99 Å². The smallest absolute Gasteiger partial charge is 0.345 e. The van der Waals surface area contributed by atoms with Crippen LogP contribution in [0.2, 0.25) is 15.1 Å². The zero-order chi connectivity index (χ0) is 21.0. The molecule has 0 aliphatic carbocycles. The summed E-state index contributed by atoms with van der Waals surface area (Å²) in [5.41, 5.74) is 0.590. The molecule has 146 valence electrons. The van der Waals surface area contributed by atoms with E-state index in [-0.39, 0.29) is 16.3 Å². The monoisotopic (exact) mass is 448 g/mol. The molecule has 0 spiro atoms. The molecule has 9 heteroatoms. The van der Waals surface area contributed by atoms with Crippen LogP contribution in [0.15, 0.2) is 65.7 Å². The number of esters is 1. The minimum atomic E-state index is -0.841. The first-order valence-electron chi connectivity index (χ1n) is 8.09. The average Bonchev–Trinajstić information content (AvgIpc) is 2.68. The summed E-state index contributed by atoms with van der Waals surface area (Å²) in [4.78, 5) is 27.3. The fraction of sp³-hybridized carbons (Fsp3) is 0. The van der Waals surface area contributed by atoms with Crippen molar-refractivity contribution in [1.82, 2.24) is 0 Å². The fourth-order valence-electron chi connectivity index (χ4n) is 2.35. The topological polar surface area (TPSA) is 81.8 Å². The Morgan fingerprint density at radius 3 is 2.45 bits per heavy atom. The molecule has 29 heavy (non-hydrogen) atoms. The molecule has 0 N–H and O–H groups in total. The number of aliphatic imine (C=N–C) groups is 1. The van der Waals surface area contributed by atoms with Gasteiger partial charge in [-0.25, -0.2) is 4.79 Å². The minimum Gasteiger partial charge on any atom is -0.416 e. The maximum Gasteiger partial charge on any atom is 0.345 e. The first-order valence-corrected chi connectivity index (χ1v) is 9.23. The molecule has 3 aromatic rings. The van der Waals surface area contributed by atoms with E-state index in [0.29, 0.717) is 21.3 Å². The van der Waals surface area contributed by atoms with Crippen LogP contribution in [-0.2, 0) is 0 Å². The van der Waals surface area contributed by atoms with Gasteiger partial charge in [-0.05, 0) is 48.0 Å². The van der Waals surface area contributed by atoms with Crippen molar-refractivity contribution < 1.29 is 14.5 Å². The Kier molecular flexibility index (Phi) is 6.49. The Labute approximate surface area is 180 Å². The third kappa shape index (κ3) is 5.12. The molecule has 0 aliphatic heterocycles. The second kappa shape index (κ2) is 9.05. The summed E-state index contributed by atoms with van der Waals surface area (Å²) in [6.45, 7) is 0. The number of rotatable bonds is 5. The molecular formula is C20H11Cl3N2O4. The highest BCUT2D eigenvalue weighted by molar-refractivity contribution is 6.36. The van der Waals surface area contributed by atoms with Crippen LogP contribution in [0.4, 0.5) is 11.4 Å². The van der Waals surface area contributed by atoms with Crippen molar-refractivity contribution in [3.8, 4) is 5.75 Å². The second-order valence-electron chi connectivity index (χ2n) is 5.71. The molecule has 0 unspecified atom stereocenters. The van der Waals surface area contributed by atoms with Gasteiger partial charge in [0.25, 0.3) is 0 Å². The van der Waals surface area contributed by atoms with E-state index < -0.39 is 16.6 Å². The Hall–Kier alpha value is -2.93. The summed E-state index contributed by atoms with van der Waals surface area (Å²) < 4.78 is 5.18. The molecule has 0 saturated carbocycles. The minimum absolute atomic E-state index is 0.0368. The van der Waals surface area contributed by atoms with Crippen LogP contribution in [0.3, 0.4) is 0 Å². The van der Waals surface area contributed by atoms with E-state index in [1.165, 1.54) is 42.6 Å². The number of para-hydroxylation sites is 1. The molecule has 0 aromatic heterocycles. The van der Waals surface area contributed by atoms with Gasteiger partial charge in [-0.15, -0.1) is 0 Å². The maximum absolute atomic E-state index is 12.3. The predicted molar refractivity (Wildman–Crippen MR) is 113 cm³/mol. The largest absolute Gasteiger partial charge is 0.416 e. The molecule has 0 bridgehead atoms. The van der Waals surface area contributed by atoms with Crippen molar-refractivity contribution in [3.63, 3.8) is 0 Å². The number of carbonyl (C=O) groups excluding carboxylic acids is 1. The number of nitrogens with zero attached hydrogens (tertiary/aromatic N) is 2. The molecule has 0 saturated heterocycles. The average molecular weight is 450 g/mol. The molecule has 3 aromatic carbocycles. The SMILES string of the molecule is O=C(Oc1ccc(C=Nc2ccccc2Cl)cc1[N+](=O)[O-])c1ccc(Cl)cc1Cl. The number of hydrogen-bond donors (Lipinski definition) is 0. The summed E-state index contributed by atoms with van der Waals surface area (Å²) in [5.74, 6) is -1.06. The Morgan fingerprint density at radius 1 is 1.00 bits per heavy atom. The van der Waals surface area contributed by atoms with Crippen molar-refractivity contribution in [2.24, 2.45) is 4.99 Å². The standard InChI is InChI=1S/C20H11Cl3N2O4/c21-13-6-7-14(16(23)10-13)20(26)29-19-8-5-12(9-18(19)25(27)28)11-24-17-4-2-1-3-15(17)22/h1-11H. The Balaban J connectivity index is 1.87. The molecular weight excluding hydrogens is 439 g/mol. The number of benzene rings is 3. The van der Waals surface area contributed by atoms with Gasteiger partial charge in [0, 0.05) is 17.3 Å². The molecule has 6 nitrogen and oxygen atoms in total. The molecule has 0 aliphatic rings. The van der Waals surface area contributed by atoms with Crippen LogP contribution in [0.5, 0.6) is 5.75 Å². The van der Waals surface area contributed by atoms with Crippen LogP contribution in [0, 0.1) is 10.1 Å². The molecule has 0 heterocycles. The van der Waals surface area contributed by atoms with Crippen LogP contribution in [0.25, 0.3) is 0 Å². The van der Waals surface area contributed by atoms with Gasteiger partial charge in [0.05, 0.1) is 26.2 Å². The van der Waals surface area contributed by atoms with Gasteiger partial charge >= 0.3 is 11.7 Å². The molecule has 0 amide bonds. The summed E-state index contributed by atoms with van der Waals surface area (Å²) in [6, 6.07) is 15.2. The lowest BCUT2D eigenvalue weighted by Gasteiger charge is -2.07. The van der Waals surface area contributed by atoms with Crippen molar-refractivity contribution in [1.29, 1.82) is 0 Å². The third-order valence-electron chi connectivity index (χ3n) is 3.74. The van der Waals surface area contributed by atoms with Gasteiger partial charge in [0.15, 0.2) is 0 Å². The summed E-state index contributed by atoms with van der Waals surface area (Å²) >= 11 is 17.8. The first-order chi connectivity index (χ1) is 13.8. The van der Waals surface area contributed by atoms with Crippen LogP contribution < -0.4 is 4.74 Å². The van der Waals surface area contributed by atoms with Crippen LogP contribution in [0.1, 0.15) is 15.9 Å². The fourth-order valence-corrected chi connectivity index (χ4v) is 3.02. The zero-order valence-electron chi connectivity index (χ0n) is 14.5. The summed E-state index contributed by atoms with van der Waals surface area (Å²) in [7, 11) is 0. The van der Waals surface area contributed by atoms with E-state index in [4.69, 9.17) is 39.5 Å². The highest BCUT2D eigenvalue weighted by Gasteiger charge is 2.21. The van der Waals surface area contributed by atoms with Gasteiger partial charge in [-0.3, -0.25) is 15.1 Å². The lowest BCUT2D eigenvalue weighted by Crippen LogP contribution is -2.10. The van der Waals surface area contributed by atoms with Gasteiger partial charge in [0.1, 0.15) is 0 Å². The summed E-state index contributed by atoms with van der Waals surface area (Å²) in [5, 5.41) is 12.3. The quantitative estimate of drug-likeness (QED) is 0.146. The van der Waals surface area contributed by atoms with Gasteiger partial charge in [-0.2, -0.15) is 0 Å². The Morgan fingerprint density at radius 2 is 1.76 bits per heavy atom. The molecule has 0 radical (unpaired) electrons. The first kappa shape index (κ1) is 20.8. The number of halogens is 3. The highest BCUT2D eigenvalue weighted by atomic mass is 35.5. The number of carbonyl (C=O) groups is 1. The van der Waals surface area contributed by atoms with Crippen molar-refractivity contribution in [2.75, 3.05) is 0 Å². The van der Waals surface area contributed by atoms with Crippen LogP contribution in [-0.4, -0.2) is 17.1 Å². The van der Waals surface area contributed by atoms with E-state index in [1.807, 2.05) is 0 Å². The molecule has 3 rings (SSSR count). The second-order valence-corrected chi connectivity index (χ2v) is 6.96. The van der Waals surface area contributed by atoms with Gasteiger partial charge < -0.3 is 4.74 Å². The number of ether oxygens (including phenoxy) is 1. The van der Waals surface area contributed by atoms with E-state index in [9.17, 15) is 14.9 Å². The summed E-state index contributed by atoms with van der Waals surface area (Å²) in [6.07, 6.45) is 1.43. The lowest BCUT2D eigenvalue weighted by molar-refractivity contribution is -0.385. The van der Waals surface area contributed by atoms with E-state index >= 15 is 0 Å². The highest BCUT2D eigenvalue weighted by Crippen LogP contribution is 2.30. The molecule has 0 atom stereocenters. The third-order valence-corrected chi connectivity index (χ3v) is 4.61. The van der Waals surface area contributed by atoms with Gasteiger partial charge in [-0.1, -0.05) is 46.9 Å². The van der Waals surface area contributed by atoms with E-state index in [0.717, 1.165) is 0 Å². The normalized spacial score (nSPS) is 10.9. The van der Waals surface area contributed by atoms with E-state index in [1.54, 1.807) is 24.3 Å². The van der Waals surface area contributed by atoms with Crippen molar-refractivity contribution in [3.05, 3.63) is 97.0 Å². The predicted octanol–water partition coefficient (Wildman–Crippen LogP) is 6.52. The van der Waals surface area contributed by atoms with Crippen molar-refractivity contribution in [2.45, 2.75) is 0 Å². The van der Waals surface area contributed by atoms with Crippen LogP contribution >= 0.6 is 34.8 Å². The number of nitro benzene ring substituents is 1. The van der Waals surface area contributed by atoms with Gasteiger partial charge in [0.2, 0.25) is 5.75 Å². The number of nitro groups is 1. The van der Waals surface area contributed by atoms with Crippen molar-refractivity contribution >= 4 is 58.4 Å². The number of hydrogen-bond acceptors (Lipinski definition) is 5.